The van der Waals surface area contributed by atoms with Crippen LogP contribution >= 0.6 is 47.9 Å². The Balaban J connectivity index is 0.000000483. The van der Waals surface area contributed by atoms with Crippen molar-refractivity contribution >= 4 is 47.9 Å². The maximum atomic E-state index is 2.32. The van der Waals surface area contributed by atoms with E-state index in [9.17, 15) is 0 Å². The Bertz CT molecular complexity index is 583. The topological polar surface area (TPSA) is 0 Å². The van der Waals surface area contributed by atoms with Crippen molar-refractivity contribution in [2.75, 3.05) is 0 Å². The van der Waals surface area contributed by atoms with Gasteiger partial charge in [0.2, 0.25) is 0 Å². The van der Waals surface area contributed by atoms with Gasteiger partial charge < -0.3 is 0 Å². The van der Waals surface area contributed by atoms with Gasteiger partial charge in [-0.2, -0.15) is 31.5 Å². The van der Waals surface area contributed by atoms with E-state index in [-0.39, 0.29) is 21.7 Å². The summed E-state index contributed by atoms with van der Waals surface area (Å²) in [7, 11) is 9.17. The zero-order valence-electron chi connectivity index (χ0n) is 19.2. The molecule has 0 aliphatic heterocycles. The maximum absolute atomic E-state index is 2.32. The molecule has 0 saturated carbocycles. The second-order valence-electron chi connectivity index (χ2n) is 10.9. The summed E-state index contributed by atoms with van der Waals surface area (Å²) < 4.78 is 0. The third-order valence-corrected chi connectivity index (χ3v) is 18.1. The van der Waals surface area contributed by atoms with Crippen LogP contribution in [-0.4, -0.2) is 0 Å². The van der Waals surface area contributed by atoms with E-state index in [1.807, 2.05) is 0 Å². The molecule has 27 heavy (non-hydrogen) atoms. The summed E-state index contributed by atoms with van der Waals surface area (Å²) in [4.78, 5) is 0. The summed E-state index contributed by atoms with van der Waals surface area (Å²) in [6.45, 7) is 27.9. The van der Waals surface area contributed by atoms with E-state index in [0.29, 0.717) is 21.7 Å². The Morgan fingerprint density at radius 2 is 0.778 bits per heavy atom. The molecule has 0 fully saturated rings. The average Bonchev–Trinajstić information content (AvgIpc) is 3.06. The van der Waals surface area contributed by atoms with Gasteiger partial charge in [0.1, 0.15) is 0 Å². The molecule has 0 aliphatic carbocycles. The van der Waals surface area contributed by atoms with Crippen LogP contribution in [-0.2, 0) is 43.4 Å². The van der Waals surface area contributed by atoms with E-state index in [4.69, 9.17) is 0 Å². The first-order valence-corrected chi connectivity index (χ1v) is 16.0. The molecule has 2 aromatic rings. The van der Waals surface area contributed by atoms with Crippen molar-refractivity contribution in [3.8, 4) is 0 Å². The molecular formula is C20H36P6Ti. The van der Waals surface area contributed by atoms with Crippen LogP contribution in [0.15, 0.2) is 0 Å². The van der Waals surface area contributed by atoms with Crippen molar-refractivity contribution in [1.29, 1.82) is 0 Å². The molecule has 2 aromatic heterocycles. The minimum Gasteiger partial charge on any atom is -0.261 e. The predicted molar refractivity (Wildman–Crippen MR) is 134 cm³/mol. The first kappa shape index (κ1) is 29.0. The molecule has 0 unspecified atom stereocenters. The largest absolute Gasteiger partial charge is 2.00 e. The first-order chi connectivity index (χ1) is 11.4. The summed E-state index contributed by atoms with van der Waals surface area (Å²) in [5, 5.41) is 6.72. The van der Waals surface area contributed by atoms with Gasteiger partial charge in [0.15, 0.2) is 0 Å². The van der Waals surface area contributed by atoms with Gasteiger partial charge in [0, 0.05) is 0 Å². The van der Waals surface area contributed by atoms with Gasteiger partial charge in [-0.25, -0.2) is 0 Å². The van der Waals surface area contributed by atoms with Crippen LogP contribution in [0.4, 0.5) is 0 Å². The fourth-order valence-electron chi connectivity index (χ4n) is 1.75. The van der Waals surface area contributed by atoms with Crippen molar-refractivity contribution in [3.63, 3.8) is 0 Å². The molecule has 0 radical (unpaired) electrons. The van der Waals surface area contributed by atoms with E-state index in [1.165, 1.54) is 47.9 Å². The SMILES string of the molecule is CC(C)(C)c1pp[c-](C(C)(C)C)p1.CC(C)(C)c1pp[c-](C(C)(C)C)p1.[Ti+2]. The van der Waals surface area contributed by atoms with E-state index in [0.717, 1.165) is 0 Å². The average molecular weight is 510 g/mol. The third-order valence-electron chi connectivity index (χ3n) is 3.59. The molecule has 0 aliphatic rings. The molecular weight excluding hydrogens is 474 g/mol. The van der Waals surface area contributed by atoms with Crippen molar-refractivity contribution in [2.24, 2.45) is 0 Å². The van der Waals surface area contributed by atoms with Gasteiger partial charge in [-0.05, 0) is 0 Å². The van der Waals surface area contributed by atoms with E-state index < -0.39 is 0 Å². The Morgan fingerprint density at radius 3 is 0.889 bits per heavy atom. The van der Waals surface area contributed by atoms with Crippen LogP contribution in [0.3, 0.4) is 0 Å². The molecule has 0 atom stereocenters. The van der Waals surface area contributed by atoms with Gasteiger partial charge in [0.05, 0.1) is 0 Å². The minimum absolute atomic E-state index is 0. The molecule has 2 heterocycles. The second-order valence-corrected chi connectivity index (χ2v) is 19.6. The van der Waals surface area contributed by atoms with Crippen LogP contribution in [0.1, 0.15) is 103 Å². The van der Waals surface area contributed by atoms with E-state index in [2.05, 4.69) is 83.1 Å². The molecule has 0 N–H and O–H groups in total. The standard InChI is InChI=1S/2C10H18P3.Ti/c2*1-9(2,3)7-11-8(13-12-7)10(4,5)6;/h2*1-6H3;/q2*-1;+2. The quantitative estimate of drug-likeness (QED) is 0.244. The molecule has 0 nitrogen and oxygen atoms in total. The van der Waals surface area contributed by atoms with Gasteiger partial charge >= 0.3 is 21.7 Å². The summed E-state index contributed by atoms with van der Waals surface area (Å²) in [5.41, 5.74) is 1.57. The molecule has 0 saturated heterocycles. The van der Waals surface area contributed by atoms with Crippen LogP contribution in [0, 0.1) is 0 Å². The molecule has 0 spiro atoms. The van der Waals surface area contributed by atoms with Gasteiger partial charge in [-0.1, -0.05) is 105 Å². The summed E-state index contributed by atoms with van der Waals surface area (Å²) >= 11 is 0. The molecule has 0 aromatic carbocycles. The van der Waals surface area contributed by atoms with E-state index >= 15 is 0 Å². The zero-order chi connectivity index (χ0) is 20.6. The number of rotatable bonds is 0. The second kappa shape index (κ2) is 10.5. The zero-order valence-corrected chi connectivity index (χ0v) is 26.1. The maximum Gasteiger partial charge on any atom is 2.00 e. The van der Waals surface area contributed by atoms with Gasteiger partial charge in [-0.3, -0.25) is 16.4 Å². The predicted octanol–water partition coefficient (Wildman–Crippen LogP) is 11.5. The van der Waals surface area contributed by atoms with Crippen molar-refractivity contribution in [1.82, 2.24) is 0 Å². The number of hydrogen-bond donors (Lipinski definition) is 0. The van der Waals surface area contributed by atoms with Crippen LogP contribution in [0.25, 0.3) is 0 Å². The molecule has 7 heteroatoms. The molecule has 150 valence electrons. The summed E-state index contributed by atoms with van der Waals surface area (Å²) in [5.74, 6) is 0. The van der Waals surface area contributed by atoms with Crippen LogP contribution in [0.5, 0.6) is 0 Å². The smallest absolute Gasteiger partial charge is 0.261 e. The fourth-order valence-corrected chi connectivity index (χ4v) is 15.4. The monoisotopic (exact) mass is 510 g/mol. The Morgan fingerprint density at radius 1 is 0.519 bits per heavy atom. The first-order valence-electron chi connectivity index (χ1n) is 9.19. The molecule has 0 amide bonds. The minimum atomic E-state index is 0. The summed E-state index contributed by atoms with van der Waals surface area (Å²) in [6, 6.07) is 0. The summed E-state index contributed by atoms with van der Waals surface area (Å²) in [6.07, 6.45) is 0. The van der Waals surface area contributed by atoms with Crippen molar-refractivity contribution in [3.05, 3.63) is 20.1 Å². The van der Waals surface area contributed by atoms with Gasteiger partial charge in [-0.15, -0.1) is 20.1 Å². The van der Waals surface area contributed by atoms with Crippen molar-refractivity contribution in [2.45, 2.75) is 105 Å². The third kappa shape index (κ3) is 9.77. The van der Waals surface area contributed by atoms with Gasteiger partial charge in [0.25, 0.3) is 0 Å². The van der Waals surface area contributed by atoms with Crippen LogP contribution in [0.2, 0.25) is 0 Å². The fraction of sp³-hybridized carbons (Fsp3) is 0.800. The van der Waals surface area contributed by atoms with Crippen LogP contribution < -0.4 is 0 Å². The van der Waals surface area contributed by atoms with Crippen molar-refractivity contribution < 1.29 is 21.7 Å². The number of hydrogen-bond acceptors (Lipinski definition) is 0. The Kier molecular flexibility index (Phi) is 11.3. The molecule has 2 rings (SSSR count). The Hall–Kier alpha value is 1.99. The normalized spacial score (nSPS) is 14.7. The van der Waals surface area contributed by atoms with E-state index in [1.54, 1.807) is 20.1 Å². The molecule has 0 bridgehead atoms. The Labute approximate surface area is 193 Å².